The molecule has 2 N–H and O–H groups in total. The molecule has 13 heteroatoms. The van der Waals surface area contributed by atoms with Crippen molar-refractivity contribution in [2.24, 2.45) is 0 Å². The van der Waals surface area contributed by atoms with Gasteiger partial charge in [-0.25, -0.2) is 13.6 Å². The van der Waals surface area contributed by atoms with Gasteiger partial charge in [-0.05, 0) is 12.1 Å². The standard InChI is InChI=1S/C25H28F2N6O5/c1-2-21(34)29-13-18-15-33(25(37)38-18)17-10-19(26)23(20(27)11-17)32-8-6-31(7-9-32)22(35)14-30-24(36)16-4-3-5-28-12-16/h3-5,10-12,18H,2,6-9,13-15H2,1H3,(H,29,34)(H,30,36)/t18-/m0/s1. The molecule has 3 heterocycles. The summed E-state index contributed by atoms with van der Waals surface area (Å²) in [6.45, 7) is 2.42. The third-order valence-electron chi connectivity index (χ3n) is 6.31. The molecule has 2 saturated heterocycles. The second kappa shape index (κ2) is 11.8. The summed E-state index contributed by atoms with van der Waals surface area (Å²) in [6.07, 6.45) is 1.82. The average molecular weight is 531 g/mol. The number of anilines is 2. The van der Waals surface area contributed by atoms with Crippen LogP contribution in [0.15, 0.2) is 36.7 Å². The zero-order valence-corrected chi connectivity index (χ0v) is 20.8. The minimum atomic E-state index is -0.848. The number of cyclic esters (lactones) is 1. The second-order valence-electron chi connectivity index (χ2n) is 8.82. The van der Waals surface area contributed by atoms with E-state index >= 15 is 8.78 Å². The zero-order valence-electron chi connectivity index (χ0n) is 20.8. The van der Waals surface area contributed by atoms with Crippen molar-refractivity contribution in [1.29, 1.82) is 0 Å². The minimum absolute atomic E-state index is 0.0104. The molecule has 1 atom stereocenters. The van der Waals surface area contributed by atoms with Crippen molar-refractivity contribution in [2.45, 2.75) is 19.4 Å². The highest BCUT2D eigenvalue weighted by molar-refractivity contribution is 5.96. The van der Waals surface area contributed by atoms with Crippen molar-refractivity contribution in [3.63, 3.8) is 0 Å². The van der Waals surface area contributed by atoms with E-state index in [2.05, 4.69) is 15.6 Å². The number of nitrogens with one attached hydrogen (secondary N) is 2. The third-order valence-corrected chi connectivity index (χ3v) is 6.31. The Labute approximate surface area is 217 Å². The summed E-state index contributed by atoms with van der Waals surface area (Å²) >= 11 is 0. The maximum Gasteiger partial charge on any atom is 0.414 e. The van der Waals surface area contributed by atoms with Crippen molar-refractivity contribution in [1.82, 2.24) is 20.5 Å². The summed E-state index contributed by atoms with van der Waals surface area (Å²) in [6, 6.07) is 5.33. The fraction of sp³-hybridized carbons (Fsp3) is 0.400. The number of ether oxygens (including phenoxy) is 1. The number of rotatable bonds is 8. The van der Waals surface area contributed by atoms with Crippen LogP contribution in [0.2, 0.25) is 0 Å². The molecule has 2 fully saturated rings. The highest BCUT2D eigenvalue weighted by Crippen LogP contribution is 2.31. The van der Waals surface area contributed by atoms with Crippen LogP contribution in [0.1, 0.15) is 23.7 Å². The molecule has 38 heavy (non-hydrogen) atoms. The first-order chi connectivity index (χ1) is 18.3. The van der Waals surface area contributed by atoms with Crippen molar-refractivity contribution in [2.75, 3.05) is 55.6 Å². The number of pyridine rings is 1. The van der Waals surface area contributed by atoms with E-state index in [4.69, 9.17) is 4.74 Å². The molecule has 0 aliphatic carbocycles. The molecule has 2 aromatic rings. The molecule has 1 aromatic carbocycles. The molecule has 2 aliphatic rings. The van der Waals surface area contributed by atoms with E-state index in [9.17, 15) is 19.2 Å². The Kier molecular flexibility index (Phi) is 8.34. The first-order valence-corrected chi connectivity index (χ1v) is 12.2. The van der Waals surface area contributed by atoms with Crippen LogP contribution in [0.4, 0.5) is 25.0 Å². The summed E-state index contributed by atoms with van der Waals surface area (Å²) < 4.78 is 35.3. The van der Waals surface area contributed by atoms with E-state index in [0.717, 1.165) is 17.0 Å². The molecule has 1 aromatic heterocycles. The first kappa shape index (κ1) is 26.8. The van der Waals surface area contributed by atoms with E-state index in [1.54, 1.807) is 19.1 Å². The van der Waals surface area contributed by atoms with Crippen LogP contribution in [0.5, 0.6) is 0 Å². The van der Waals surface area contributed by atoms with Gasteiger partial charge in [-0.2, -0.15) is 0 Å². The lowest BCUT2D eigenvalue weighted by Gasteiger charge is -2.36. The number of halogens is 2. The molecule has 0 saturated carbocycles. The maximum absolute atomic E-state index is 15.0. The normalized spacial score (nSPS) is 17.3. The van der Waals surface area contributed by atoms with Gasteiger partial charge in [0, 0.05) is 57.1 Å². The monoisotopic (exact) mass is 530 g/mol. The van der Waals surface area contributed by atoms with Gasteiger partial charge in [-0.1, -0.05) is 6.92 Å². The molecular formula is C25H28F2N6O5. The highest BCUT2D eigenvalue weighted by atomic mass is 19.1. The number of amides is 4. The van der Waals surface area contributed by atoms with Crippen LogP contribution in [0.25, 0.3) is 0 Å². The van der Waals surface area contributed by atoms with Gasteiger partial charge in [0.1, 0.15) is 11.8 Å². The smallest absolute Gasteiger partial charge is 0.414 e. The predicted molar refractivity (Wildman–Crippen MR) is 133 cm³/mol. The van der Waals surface area contributed by atoms with Crippen LogP contribution in [-0.4, -0.2) is 85.6 Å². The molecule has 0 bridgehead atoms. The lowest BCUT2D eigenvalue weighted by Crippen LogP contribution is -2.51. The molecule has 0 radical (unpaired) electrons. The number of piperazine rings is 1. The molecule has 4 amide bonds. The number of carbonyl (C=O) groups is 4. The lowest BCUT2D eigenvalue weighted by molar-refractivity contribution is -0.130. The summed E-state index contributed by atoms with van der Waals surface area (Å²) in [5, 5.41) is 5.17. The molecule has 2 aliphatic heterocycles. The Hall–Kier alpha value is -4.29. The largest absolute Gasteiger partial charge is 0.442 e. The topological polar surface area (TPSA) is 124 Å². The Morgan fingerprint density at radius 3 is 2.45 bits per heavy atom. The number of hydrogen-bond donors (Lipinski definition) is 2. The lowest BCUT2D eigenvalue weighted by atomic mass is 10.2. The zero-order chi connectivity index (χ0) is 27.2. The molecule has 4 rings (SSSR count). The van der Waals surface area contributed by atoms with Crippen LogP contribution in [-0.2, 0) is 14.3 Å². The van der Waals surface area contributed by atoms with E-state index < -0.39 is 29.7 Å². The van der Waals surface area contributed by atoms with E-state index in [-0.39, 0.29) is 75.4 Å². The van der Waals surface area contributed by atoms with Gasteiger partial charge in [0.15, 0.2) is 11.6 Å². The van der Waals surface area contributed by atoms with E-state index in [0.29, 0.717) is 5.56 Å². The quantitative estimate of drug-likeness (QED) is 0.527. The van der Waals surface area contributed by atoms with Crippen molar-refractivity contribution < 1.29 is 32.7 Å². The number of benzene rings is 1. The Balaban J connectivity index is 1.32. The average Bonchev–Trinajstić information content (AvgIpc) is 3.30. The summed E-state index contributed by atoms with van der Waals surface area (Å²) in [5.41, 5.74) is 0.0989. The van der Waals surface area contributed by atoms with Gasteiger partial charge >= 0.3 is 6.09 Å². The SMILES string of the molecule is CCC(=O)NC[C@H]1CN(c2cc(F)c(N3CCN(C(=O)CNC(=O)c4cccnc4)CC3)c(F)c2)C(=O)O1. The Bertz CT molecular complexity index is 1180. The fourth-order valence-electron chi connectivity index (χ4n) is 4.25. The van der Waals surface area contributed by atoms with Gasteiger partial charge in [0.05, 0.1) is 30.9 Å². The van der Waals surface area contributed by atoms with Crippen LogP contribution in [0, 0.1) is 11.6 Å². The number of carbonyl (C=O) groups excluding carboxylic acids is 4. The van der Waals surface area contributed by atoms with Crippen LogP contribution < -0.4 is 20.4 Å². The van der Waals surface area contributed by atoms with E-state index in [1.165, 1.54) is 22.2 Å². The number of hydrogen-bond acceptors (Lipinski definition) is 7. The van der Waals surface area contributed by atoms with Crippen molar-refractivity contribution in [3.8, 4) is 0 Å². The van der Waals surface area contributed by atoms with Gasteiger partial charge in [0.25, 0.3) is 5.91 Å². The molecule has 0 unspecified atom stereocenters. The number of nitrogens with zero attached hydrogens (tertiary/aromatic N) is 4. The highest BCUT2D eigenvalue weighted by Gasteiger charge is 2.34. The minimum Gasteiger partial charge on any atom is -0.442 e. The van der Waals surface area contributed by atoms with Gasteiger partial charge in [-0.15, -0.1) is 0 Å². The van der Waals surface area contributed by atoms with Gasteiger partial charge in [-0.3, -0.25) is 24.3 Å². The van der Waals surface area contributed by atoms with Gasteiger partial charge in [0.2, 0.25) is 11.8 Å². The van der Waals surface area contributed by atoms with Crippen LogP contribution >= 0.6 is 0 Å². The fourth-order valence-corrected chi connectivity index (χ4v) is 4.25. The number of aromatic nitrogens is 1. The predicted octanol–water partition coefficient (Wildman–Crippen LogP) is 1.29. The first-order valence-electron chi connectivity index (χ1n) is 12.2. The molecule has 202 valence electrons. The second-order valence-corrected chi connectivity index (χ2v) is 8.82. The van der Waals surface area contributed by atoms with Crippen LogP contribution in [0.3, 0.4) is 0 Å². The van der Waals surface area contributed by atoms with Gasteiger partial charge < -0.3 is 25.2 Å². The molecular weight excluding hydrogens is 502 g/mol. The summed E-state index contributed by atoms with van der Waals surface area (Å²) in [7, 11) is 0. The van der Waals surface area contributed by atoms with Crippen molar-refractivity contribution >= 4 is 35.2 Å². The molecule has 11 nitrogen and oxygen atoms in total. The third kappa shape index (κ3) is 6.15. The molecule has 0 spiro atoms. The van der Waals surface area contributed by atoms with E-state index in [1.807, 2.05) is 0 Å². The Morgan fingerprint density at radius 2 is 1.82 bits per heavy atom. The maximum atomic E-state index is 15.0. The summed E-state index contributed by atoms with van der Waals surface area (Å²) in [5.74, 6) is -2.63. The summed E-state index contributed by atoms with van der Waals surface area (Å²) in [4.78, 5) is 56.3. The van der Waals surface area contributed by atoms with Crippen molar-refractivity contribution in [3.05, 3.63) is 53.9 Å². The Morgan fingerprint density at radius 1 is 1.11 bits per heavy atom.